The average molecular weight is 244 g/mol. The summed E-state index contributed by atoms with van der Waals surface area (Å²) in [6.45, 7) is 3.20. The van der Waals surface area contributed by atoms with Gasteiger partial charge in [-0.15, -0.1) is 0 Å². The van der Waals surface area contributed by atoms with Gasteiger partial charge in [0.1, 0.15) is 11.8 Å². The molecule has 96 valence electrons. The first-order valence-corrected chi connectivity index (χ1v) is 6.56. The number of nitrogens with one attached hydrogen (secondary N) is 1. The minimum atomic E-state index is 0.105. The van der Waals surface area contributed by atoms with Crippen LogP contribution >= 0.6 is 0 Å². The number of rotatable bonds is 5. The first kappa shape index (κ1) is 12.9. The fourth-order valence-corrected chi connectivity index (χ4v) is 2.54. The van der Waals surface area contributed by atoms with Crippen molar-refractivity contribution < 1.29 is 4.74 Å². The molecule has 1 fully saturated rings. The molecular weight excluding hydrogens is 224 g/mol. The Morgan fingerprint density at radius 1 is 1.33 bits per heavy atom. The number of hydrogen-bond donors (Lipinski definition) is 1. The molecule has 0 heterocycles. The molecule has 0 radical (unpaired) electrons. The van der Waals surface area contributed by atoms with Gasteiger partial charge in [-0.1, -0.05) is 31.0 Å². The molecule has 18 heavy (non-hydrogen) atoms. The topological polar surface area (TPSA) is 45.0 Å². The molecule has 0 bridgehead atoms. The van der Waals surface area contributed by atoms with Gasteiger partial charge in [0, 0.05) is 17.6 Å². The Morgan fingerprint density at radius 3 is 2.78 bits per heavy atom. The molecule has 0 spiro atoms. The van der Waals surface area contributed by atoms with Crippen molar-refractivity contribution in [3.63, 3.8) is 0 Å². The van der Waals surface area contributed by atoms with Crippen LogP contribution in [-0.2, 0) is 6.54 Å². The Balaban J connectivity index is 1.98. The lowest BCUT2D eigenvalue weighted by Gasteiger charge is -2.26. The van der Waals surface area contributed by atoms with Crippen LogP contribution in [-0.4, -0.2) is 12.1 Å². The van der Waals surface area contributed by atoms with Crippen LogP contribution in [0.4, 0.5) is 0 Å². The van der Waals surface area contributed by atoms with Gasteiger partial charge in [-0.3, -0.25) is 0 Å². The molecule has 1 aromatic carbocycles. The molecule has 0 saturated heterocycles. The van der Waals surface area contributed by atoms with Crippen LogP contribution in [0.5, 0.6) is 5.75 Å². The Kier molecular flexibility index (Phi) is 4.22. The predicted molar refractivity (Wildman–Crippen MR) is 71.3 cm³/mol. The van der Waals surface area contributed by atoms with Crippen molar-refractivity contribution in [2.24, 2.45) is 0 Å². The van der Waals surface area contributed by atoms with E-state index in [0.717, 1.165) is 17.9 Å². The van der Waals surface area contributed by atoms with Crippen LogP contribution < -0.4 is 10.1 Å². The van der Waals surface area contributed by atoms with Gasteiger partial charge in [-0.05, 0) is 25.8 Å². The zero-order valence-corrected chi connectivity index (χ0v) is 10.9. The van der Waals surface area contributed by atoms with Gasteiger partial charge in [0.2, 0.25) is 0 Å². The summed E-state index contributed by atoms with van der Waals surface area (Å²) in [6.07, 6.45) is 5.12. The van der Waals surface area contributed by atoms with E-state index in [1.807, 2.05) is 24.3 Å². The maximum Gasteiger partial charge on any atom is 0.174 e. The summed E-state index contributed by atoms with van der Waals surface area (Å²) in [5.41, 5.74) is 1.39. The third-order valence-electron chi connectivity index (χ3n) is 3.68. The summed E-state index contributed by atoms with van der Waals surface area (Å²) in [7, 11) is 0. The second-order valence-corrected chi connectivity index (χ2v) is 5.18. The molecule has 0 unspecified atom stereocenters. The van der Waals surface area contributed by atoms with E-state index in [1.54, 1.807) is 0 Å². The standard InChI is InChI=1S/C15H20N2O/c1-15(8-4-5-9-15)17-12-13-6-2-3-7-14(13)18-11-10-16/h2-3,6-7,17H,4-5,8-9,11-12H2,1H3. The maximum absolute atomic E-state index is 8.57. The fraction of sp³-hybridized carbons (Fsp3) is 0.533. The first-order chi connectivity index (χ1) is 8.73. The van der Waals surface area contributed by atoms with Gasteiger partial charge < -0.3 is 10.1 Å². The molecule has 0 aromatic heterocycles. The predicted octanol–water partition coefficient (Wildman–Crippen LogP) is 3.01. The van der Waals surface area contributed by atoms with Crippen molar-refractivity contribution >= 4 is 0 Å². The van der Waals surface area contributed by atoms with Crippen molar-refractivity contribution in [1.29, 1.82) is 5.26 Å². The minimum absolute atomic E-state index is 0.105. The summed E-state index contributed by atoms with van der Waals surface area (Å²) in [5.74, 6) is 0.813. The monoisotopic (exact) mass is 244 g/mol. The Hall–Kier alpha value is -1.53. The maximum atomic E-state index is 8.57. The van der Waals surface area contributed by atoms with Crippen LogP contribution in [0.2, 0.25) is 0 Å². The van der Waals surface area contributed by atoms with Crippen LogP contribution in [0.25, 0.3) is 0 Å². The Labute approximate surface area is 109 Å². The highest BCUT2D eigenvalue weighted by Gasteiger charge is 2.27. The van der Waals surface area contributed by atoms with Crippen LogP contribution in [0.1, 0.15) is 38.2 Å². The van der Waals surface area contributed by atoms with Gasteiger partial charge >= 0.3 is 0 Å². The number of nitrogens with zero attached hydrogens (tertiary/aromatic N) is 1. The summed E-state index contributed by atoms with van der Waals surface area (Å²) in [6, 6.07) is 9.93. The Morgan fingerprint density at radius 2 is 2.06 bits per heavy atom. The van der Waals surface area contributed by atoms with E-state index in [2.05, 4.69) is 18.3 Å². The number of para-hydroxylation sites is 1. The smallest absolute Gasteiger partial charge is 0.174 e. The zero-order chi connectivity index (χ0) is 12.8. The fourth-order valence-electron chi connectivity index (χ4n) is 2.54. The molecule has 0 aliphatic heterocycles. The molecule has 1 N–H and O–H groups in total. The third kappa shape index (κ3) is 3.24. The molecular formula is C15H20N2O. The molecule has 3 nitrogen and oxygen atoms in total. The van der Waals surface area contributed by atoms with E-state index in [0.29, 0.717) is 0 Å². The molecule has 1 aliphatic carbocycles. The van der Waals surface area contributed by atoms with E-state index < -0.39 is 0 Å². The van der Waals surface area contributed by atoms with E-state index in [-0.39, 0.29) is 12.1 Å². The van der Waals surface area contributed by atoms with E-state index in [1.165, 1.54) is 25.7 Å². The zero-order valence-electron chi connectivity index (χ0n) is 10.9. The molecule has 1 aromatic rings. The van der Waals surface area contributed by atoms with Crippen molar-refractivity contribution in [2.45, 2.75) is 44.7 Å². The molecule has 1 saturated carbocycles. The highest BCUT2D eigenvalue weighted by molar-refractivity contribution is 5.33. The minimum Gasteiger partial charge on any atom is -0.478 e. The SMILES string of the molecule is CC1(NCc2ccccc2OCC#N)CCCC1. The van der Waals surface area contributed by atoms with E-state index in [4.69, 9.17) is 10.00 Å². The largest absolute Gasteiger partial charge is 0.478 e. The van der Waals surface area contributed by atoms with E-state index >= 15 is 0 Å². The van der Waals surface area contributed by atoms with Gasteiger partial charge in [0.05, 0.1) is 0 Å². The van der Waals surface area contributed by atoms with Gasteiger partial charge in [-0.2, -0.15) is 5.26 Å². The van der Waals surface area contributed by atoms with Crippen molar-refractivity contribution in [2.75, 3.05) is 6.61 Å². The summed E-state index contributed by atoms with van der Waals surface area (Å²) >= 11 is 0. The highest BCUT2D eigenvalue weighted by atomic mass is 16.5. The van der Waals surface area contributed by atoms with E-state index in [9.17, 15) is 0 Å². The van der Waals surface area contributed by atoms with Crippen molar-refractivity contribution in [1.82, 2.24) is 5.32 Å². The first-order valence-electron chi connectivity index (χ1n) is 6.56. The average Bonchev–Trinajstić information content (AvgIpc) is 2.82. The second kappa shape index (κ2) is 5.88. The van der Waals surface area contributed by atoms with Crippen LogP contribution in [0, 0.1) is 11.3 Å². The van der Waals surface area contributed by atoms with Crippen LogP contribution in [0.15, 0.2) is 24.3 Å². The second-order valence-electron chi connectivity index (χ2n) is 5.18. The van der Waals surface area contributed by atoms with Crippen LogP contribution in [0.3, 0.4) is 0 Å². The lowest BCUT2D eigenvalue weighted by atomic mass is 10.0. The van der Waals surface area contributed by atoms with Gasteiger partial charge in [0.25, 0.3) is 0 Å². The number of hydrogen-bond acceptors (Lipinski definition) is 3. The lowest BCUT2D eigenvalue weighted by molar-refractivity contribution is 0.343. The van der Waals surface area contributed by atoms with Gasteiger partial charge in [-0.25, -0.2) is 0 Å². The molecule has 2 rings (SSSR count). The molecule has 0 amide bonds. The summed E-state index contributed by atoms with van der Waals surface area (Å²) < 4.78 is 5.43. The quantitative estimate of drug-likeness (QED) is 0.866. The molecule has 0 atom stereocenters. The highest BCUT2D eigenvalue weighted by Crippen LogP contribution is 2.29. The summed E-state index contributed by atoms with van der Waals surface area (Å²) in [4.78, 5) is 0. The van der Waals surface area contributed by atoms with Crippen molar-refractivity contribution in [3.05, 3.63) is 29.8 Å². The molecule has 1 aliphatic rings. The van der Waals surface area contributed by atoms with Gasteiger partial charge in [0.15, 0.2) is 6.61 Å². The normalized spacial score (nSPS) is 17.3. The summed E-state index contributed by atoms with van der Waals surface area (Å²) in [5, 5.41) is 12.2. The number of nitriles is 1. The number of ether oxygens (including phenoxy) is 1. The lowest BCUT2D eigenvalue weighted by Crippen LogP contribution is -2.38. The third-order valence-corrected chi connectivity index (χ3v) is 3.68. The number of benzene rings is 1. The Bertz CT molecular complexity index is 430. The molecule has 3 heteroatoms. The van der Waals surface area contributed by atoms with Crippen molar-refractivity contribution in [3.8, 4) is 11.8 Å².